The smallest absolute Gasteiger partial charge is 0.315 e. The Kier molecular flexibility index (Phi) is 5.99. The number of hydrogen-bond acceptors (Lipinski definition) is 3. The van der Waals surface area contributed by atoms with Crippen LogP contribution in [0, 0.1) is 11.7 Å². The van der Waals surface area contributed by atoms with Gasteiger partial charge >= 0.3 is 6.03 Å². The topological polar surface area (TPSA) is 70.6 Å². The highest BCUT2D eigenvalue weighted by Gasteiger charge is 2.32. The van der Waals surface area contributed by atoms with E-state index in [0.29, 0.717) is 18.1 Å². The van der Waals surface area contributed by atoms with Gasteiger partial charge in [-0.05, 0) is 36.5 Å². The zero-order valence-electron chi connectivity index (χ0n) is 12.3. The Balaban J connectivity index is 1.96. The number of methoxy groups -OCH3 is 1. The lowest BCUT2D eigenvalue weighted by Gasteiger charge is -2.21. The van der Waals surface area contributed by atoms with Crippen LogP contribution in [0.3, 0.4) is 0 Å². The summed E-state index contributed by atoms with van der Waals surface area (Å²) in [7, 11) is 1.59. The van der Waals surface area contributed by atoms with Crippen molar-refractivity contribution in [3.05, 3.63) is 34.6 Å². The summed E-state index contributed by atoms with van der Waals surface area (Å²) in [6, 6.07) is 3.01. The molecule has 5 nitrogen and oxygen atoms in total. The van der Waals surface area contributed by atoms with Crippen molar-refractivity contribution < 1.29 is 19.0 Å². The summed E-state index contributed by atoms with van der Waals surface area (Å²) >= 11 is 5.63. The van der Waals surface area contributed by atoms with Crippen molar-refractivity contribution >= 4 is 17.6 Å². The lowest BCUT2D eigenvalue weighted by molar-refractivity contribution is 0.155. The van der Waals surface area contributed by atoms with E-state index >= 15 is 0 Å². The van der Waals surface area contributed by atoms with E-state index in [0.717, 1.165) is 12.8 Å². The molecule has 0 heterocycles. The molecule has 2 unspecified atom stereocenters. The molecule has 0 aliphatic heterocycles. The summed E-state index contributed by atoms with van der Waals surface area (Å²) in [5, 5.41) is 14.9. The summed E-state index contributed by atoms with van der Waals surface area (Å²) in [4.78, 5) is 12.0. The van der Waals surface area contributed by atoms with E-state index in [4.69, 9.17) is 16.3 Å². The number of halogens is 2. The fourth-order valence-corrected chi connectivity index (χ4v) is 2.42. The van der Waals surface area contributed by atoms with Gasteiger partial charge in [-0.25, -0.2) is 9.18 Å². The number of carbonyl (C=O) groups is 1. The highest BCUT2D eigenvalue weighted by atomic mass is 35.5. The zero-order chi connectivity index (χ0) is 16.1. The molecule has 1 saturated carbocycles. The van der Waals surface area contributed by atoms with Crippen molar-refractivity contribution in [3.63, 3.8) is 0 Å². The number of benzene rings is 1. The molecule has 0 radical (unpaired) electrons. The molecular formula is C15H20ClFN2O3. The molecule has 1 aromatic rings. The van der Waals surface area contributed by atoms with Crippen molar-refractivity contribution in [1.82, 2.24) is 10.6 Å². The van der Waals surface area contributed by atoms with Gasteiger partial charge in [-0.3, -0.25) is 0 Å². The van der Waals surface area contributed by atoms with Crippen LogP contribution in [0.15, 0.2) is 18.2 Å². The van der Waals surface area contributed by atoms with Gasteiger partial charge < -0.3 is 20.5 Å². The second kappa shape index (κ2) is 7.76. The number of aliphatic hydroxyl groups is 1. The van der Waals surface area contributed by atoms with Crippen LogP contribution in [-0.2, 0) is 4.74 Å². The van der Waals surface area contributed by atoms with Crippen LogP contribution in [0.4, 0.5) is 9.18 Å². The summed E-state index contributed by atoms with van der Waals surface area (Å²) in [6.45, 7) is 0.102. The number of amides is 2. The van der Waals surface area contributed by atoms with Crippen LogP contribution >= 0.6 is 11.6 Å². The van der Waals surface area contributed by atoms with Gasteiger partial charge in [-0.1, -0.05) is 17.7 Å². The molecular weight excluding hydrogens is 311 g/mol. The van der Waals surface area contributed by atoms with E-state index < -0.39 is 17.9 Å². The molecule has 2 amide bonds. The van der Waals surface area contributed by atoms with E-state index in [1.165, 1.54) is 12.1 Å². The minimum absolute atomic E-state index is 0.00113. The first-order chi connectivity index (χ1) is 10.5. The van der Waals surface area contributed by atoms with Gasteiger partial charge in [0, 0.05) is 7.11 Å². The van der Waals surface area contributed by atoms with Crippen molar-refractivity contribution in [2.45, 2.75) is 24.9 Å². The van der Waals surface area contributed by atoms with E-state index in [2.05, 4.69) is 10.6 Å². The van der Waals surface area contributed by atoms with Gasteiger partial charge in [0.1, 0.15) is 5.82 Å². The van der Waals surface area contributed by atoms with E-state index in [1.807, 2.05) is 0 Å². The molecule has 7 heteroatoms. The molecule has 0 bridgehead atoms. The number of carbonyl (C=O) groups excluding carboxylic acids is 1. The highest BCUT2D eigenvalue weighted by molar-refractivity contribution is 6.30. The Labute approximate surface area is 133 Å². The molecule has 1 aliphatic rings. The molecule has 1 fully saturated rings. The quantitative estimate of drug-likeness (QED) is 0.718. The van der Waals surface area contributed by atoms with Crippen LogP contribution in [0.25, 0.3) is 0 Å². The largest absolute Gasteiger partial charge is 0.394 e. The fourth-order valence-electron chi connectivity index (χ4n) is 2.31. The number of hydrogen-bond donors (Lipinski definition) is 3. The van der Waals surface area contributed by atoms with Gasteiger partial charge in [0.05, 0.1) is 30.3 Å². The van der Waals surface area contributed by atoms with Gasteiger partial charge in [-0.15, -0.1) is 0 Å². The summed E-state index contributed by atoms with van der Waals surface area (Å²) < 4.78 is 18.6. The molecule has 0 saturated heterocycles. The van der Waals surface area contributed by atoms with E-state index in [9.17, 15) is 14.3 Å². The summed E-state index contributed by atoms with van der Waals surface area (Å²) in [5.74, 6) is -0.152. The minimum atomic E-state index is -0.700. The van der Waals surface area contributed by atoms with Gasteiger partial charge in [0.2, 0.25) is 0 Å². The Morgan fingerprint density at radius 3 is 2.77 bits per heavy atom. The second-order valence-corrected chi connectivity index (χ2v) is 5.83. The normalized spacial score (nSPS) is 16.9. The average Bonchev–Trinajstić information content (AvgIpc) is 3.32. The molecule has 0 spiro atoms. The second-order valence-electron chi connectivity index (χ2n) is 5.43. The molecule has 2 atom stereocenters. The number of aliphatic hydroxyl groups excluding tert-OH is 1. The number of ether oxygens (including phenoxy) is 1. The zero-order valence-corrected chi connectivity index (χ0v) is 13.1. The van der Waals surface area contributed by atoms with Crippen molar-refractivity contribution in [2.24, 2.45) is 5.92 Å². The third kappa shape index (κ3) is 4.56. The van der Waals surface area contributed by atoms with Crippen molar-refractivity contribution in [2.75, 3.05) is 20.3 Å². The number of rotatable bonds is 7. The first-order valence-electron chi connectivity index (χ1n) is 7.17. The Morgan fingerprint density at radius 2 is 2.23 bits per heavy atom. The number of nitrogens with one attached hydrogen (secondary N) is 2. The lowest BCUT2D eigenvalue weighted by Crippen LogP contribution is -2.46. The highest BCUT2D eigenvalue weighted by Crippen LogP contribution is 2.32. The van der Waals surface area contributed by atoms with Gasteiger partial charge in [0.15, 0.2) is 0 Å². The van der Waals surface area contributed by atoms with Gasteiger partial charge in [0.25, 0.3) is 0 Å². The minimum Gasteiger partial charge on any atom is -0.394 e. The van der Waals surface area contributed by atoms with Crippen molar-refractivity contribution in [1.29, 1.82) is 0 Å². The molecule has 3 N–H and O–H groups in total. The third-order valence-corrected chi connectivity index (χ3v) is 3.99. The van der Waals surface area contributed by atoms with E-state index in [-0.39, 0.29) is 17.7 Å². The Bertz CT molecular complexity index is 526. The molecule has 2 rings (SSSR count). The maximum absolute atomic E-state index is 13.5. The predicted molar refractivity (Wildman–Crippen MR) is 81.3 cm³/mol. The maximum Gasteiger partial charge on any atom is 0.315 e. The number of urea groups is 1. The molecule has 0 aromatic heterocycles. The third-order valence-electron chi connectivity index (χ3n) is 3.69. The summed E-state index contributed by atoms with van der Waals surface area (Å²) in [5.41, 5.74) is 0.453. The first-order valence-corrected chi connectivity index (χ1v) is 7.54. The predicted octanol–water partition coefficient (Wildman–Crippen LogP) is 2.24. The van der Waals surface area contributed by atoms with Crippen molar-refractivity contribution in [3.8, 4) is 0 Å². The fraction of sp³-hybridized carbons (Fsp3) is 0.533. The summed E-state index contributed by atoms with van der Waals surface area (Å²) in [6.07, 6.45) is 2.14. The van der Waals surface area contributed by atoms with Crippen LogP contribution in [0.1, 0.15) is 24.4 Å². The van der Waals surface area contributed by atoms with Crippen LogP contribution < -0.4 is 10.6 Å². The molecule has 1 aliphatic carbocycles. The SMILES string of the molecule is COCC(NC(=O)NC(CO)c1ccc(Cl)c(F)c1)C1CC1. The van der Waals surface area contributed by atoms with Crippen LogP contribution in [0.5, 0.6) is 0 Å². The average molecular weight is 331 g/mol. The van der Waals surface area contributed by atoms with E-state index in [1.54, 1.807) is 13.2 Å². The standard InChI is InChI=1S/C15H20ClFN2O3/c1-22-8-14(9-2-3-9)19-15(21)18-13(7-20)10-4-5-11(16)12(17)6-10/h4-6,9,13-14,20H,2-3,7-8H2,1H3,(H2,18,19,21). The van der Waals surface area contributed by atoms with Crippen LogP contribution in [-0.4, -0.2) is 37.5 Å². The van der Waals surface area contributed by atoms with Gasteiger partial charge in [-0.2, -0.15) is 0 Å². The molecule has 1 aromatic carbocycles. The monoisotopic (exact) mass is 330 g/mol. The Morgan fingerprint density at radius 1 is 1.50 bits per heavy atom. The molecule has 22 heavy (non-hydrogen) atoms. The van der Waals surface area contributed by atoms with Crippen LogP contribution in [0.2, 0.25) is 5.02 Å². The lowest BCUT2D eigenvalue weighted by atomic mass is 10.1. The Hall–Kier alpha value is -1.37. The maximum atomic E-state index is 13.5. The first kappa shape index (κ1) is 17.0. The molecule has 122 valence electrons.